The highest BCUT2D eigenvalue weighted by Crippen LogP contribution is 2.37. The lowest BCUT2D eigenvalue weighted by atomic mass is 9.83. The summed E-state index contributed by atoms with van der Waals surface area (Å²) in [6, 6.07) is 5.87. The fraction of sp³-hybridized carbons (Fsp3) is 0.562. The zero-order valence-electron chi connectivity index (χ0n) is 11.9. The quantitative estimate of drug-likeness (QED) is 0.880. The lowest BCUT2D eigenvalue weighted by Crippen LogP contribution is -2.44. The van der Waals surface area contributed by atoms with Crippen molar-refractivity contribution in [2.24, 2.45) is 11.3 Å². The van der Waals surface area contributed by atoms with Gasteiger partial charge in [-0.05, 0) is 42.0 Å². The van der Waals surface area contributed by atoms with Gasteiger partial charge in [-0.15, -0.1) is 0 Å². The first-order valence-corrected chi connectivity index (χ1v) is 6.92. The minimum absolute atomic E-state index is 0.0400. The van der Waals surface area contributed by atoms with Crippen LogP contribution in [0, 0.1) is 17.2 Å². The van der Waals surface area contributed by atoms with Gasteiger partial charge in [0, 0.05) is 11.6 Å². The van der Waals surface area contributed by atoms with Crippen LogP contribution in [-0.4, -0.2) is 11.9 Å². The minimum Gasteiger partial charge on any atom is -0.349 e. The van der Waals surface area contributed by atoms with E-state index in [0.29, 0.717) is 5.56 Å². The number of rotatable bonds is 4. The van der Waals surface area contributed by atoms with Crippen molar-refractivity contribution in [3.8, 4) is 0 Å². The van der Waals surface area contributed by atoms with Crippen molar-refractivity contribution in [2.75, 3.05) is 0 Å². The first kappa shape index (κ1) is 14.0. The molecule has 2 rings (SSSR count). The molecule has 1 aliphatic carbocycles. The van der Waals surface area contributed by atoms with Crippen molar-refractivity contribution in [3.63, 3.8) is 0 Å². The van der Waals surface area contributed by atoms with E-state index in [4.69, 9.17) is 0 Å². The SMILES string of the molecule is CC(C)(C)C(CC1CC1)NC(=O)c1ccc(F)cc1. The van der Waals surface area contributed by atoms with E-state index >= 15 is 0 Å². The van der Waals surface area contributed by atoms with Crippen LogP contribution in [0.4, 0.5) is 4.39 Å². The van der Waals surface area contributed by atoms with Crippen molar-refractivity contribution < 1.29 is 9.18 Å². The summed E-state index contributed by atoms with van der Waals surface area (Å²) in [6.07, 6.45) is 3.59. The topological polar surface area (TPSA) is 29.1 Å². The second kappa shape index (κ2) is 5.32. The third-order valence-corrected chi connectivity index (χ3v) is 3.72. The molecule has 1 saturated carbocycles. The Morgan fingerprint density at radius 3 is 2.37 bits per heavy atom. The van der Waals surface area contributed by atoms with Crippen molar-refractivity contribution >= 4 is 5.91 Å². The summed E-state index contributed by atoms with van der Waals surface area (Å²) in [4.78, 5) is 12.2. The number of halogens is 1. The maximum absolute atomic E-state index is 12.9. The number of carbonyl (C=O) groups is 1. The number of hydrogen-bond acceptors (Lipinski definition) is 1. The van der Waals surface area contributed by atoms with Crippen LogP contribution >= 0.6 is 0 Å². The van der Waals surface area contributed by atoms with E-state index in [1.807, 2.05) is 0 Å². The van der Waals surface area contributed by atoms with Crippen molar-refractivity contribution in [3.05, 3.63) is 35.6 Å². The smallest absolute Gasteiger partial charge is 0.251 e. The van der Waals surface area contributed by atoms with E-state index in [2.05, 4.69) is 26.1 Å². The summed E-state index contributed by atoms with van der Waals surface area (Å²) in [7, 11) is 0. The predicted molar refractivity (Wildman–Crippen MR) is 74.5 cm³/mol. The Labute approximate surface area is 114 Å². The highest BCUT2D eigenvalue weighted by atomic mass is 19.1. The molecule has 0 bridgehead atoms. The molecule has 3 heteroatoms. The van der Waals surface area contributed by atoms with Crippen molar-refractivity contribution in [1.82, 2.24) is 5.32 Å². The molecule has 0 heterocycles. The lowest BCUT2D eigenvalue weighted by molar-refractivity contribution is 0.0894. The Balaban J connectivity index is 2.03. The van der Waals surface area contributed by atoms with Gasteiger partial charge < -0.3 is 5.32 Å². The minimum atomic E-state index is -0.318. The molecule has 1 atom stereocenters. The molecule has 2 nitrogen and oxygen atoms in total. The van der Waals surface area contributed by atoms with Gasteiger partial charge in [-0.2, -0.15) is 0 Å². The lowest BCUT2D eigenvalue weighted by Gasteiger charge is -2.31. The van der Waals surface area contributed by atoms with Crippen LogP contribution in [0.25, 0.3) is 0 Å². The molecule has 1 aliphatic rings. The summed E-state index contributed by atoms with van der Waals surface area (Å²) in [6.45, 7) is 6.43. The molecule has 0 spiro atoms. The summed E-state index contributed by atoms with van der Waals surface area (Å²) in [5.74, 6) is 0.334. The summed E-state index contributed by atoms with van der Waals surface area (Å²) >= 11 is 0. The van der Waals surface area contributed by atoms with E-state index in [0.717, 1.165) is 12.3 Å². The van der Waals surface area contributed by atoms with Gasteiger partial charge >= 0.3 is 0 Å². The van der Waals surface area contributed by atoms with Gasteiger partial charge in [-0.3, -0.25) is 4.79 Å². The van der Waals surface area contributed by atoms with Crippen molar-refractivity contribution in [1.29, 1.82) is 0 Å². The molecule has 19 heavy (non-hydrogen) atoms. The average molecular weight is 263 g/mol. The molecule has 1 fully saturated rings. The van der Waals surface area contributed by atoms with Crippen LogP contribution in [0.15, 0.2) is 24.3 Å². The number of benzene rings is 1. The average Bonchev–Trinajstić information content (AvgIpc) is 3.11. The van der Waals surface area contributed by atoms with E-state index in [-0.39, 0.29) is 23.2 Å². The molecular weight excluding hydrogens is 241 g/mol. The molecule has 1 aromatic rings. The normalized spacial score (nSPS) is 17.1. The van der Waals surface area contributed by atoms with E-state index < -0.39 is 0 Å². The Hall–Kier alpha value is -1.38. The van der Waals surface area contributed by atoms with Crippen LogP contribution in [0.1, 0.15) is 50.4 Å². The molecule has 104 valence electrons. The van der Waals surface area contributed by atoms with Crippen LogP contribution in [-0.2, 0) is 0 Å². The maximum atomic E-state index is 12.9. The van der Waals surface area contributed by atoms with E-state index in [1.165, 1.54) is 37.1 Å². The molecule has 0 aliphatic heterocycles. The van der Waals surface area contributed by atoms with Crippen LogP contribution in [0.5, 0.6) is 0 Å². The molecule has 1 unspecified atom stereocenters. The van der Waals surface area contributed by atoms with Crippen LogP contribution in [0.2, 0.25) is 0 Å². The van der Waals surface area contributed by atoms with Gasteiger partial charge in [0.05, 0.1) is 0 Å². The van der Waals surface area contributed by atoms with Crippen LogP contribution in [0.3, 0.4) is 0 Å². The Morgan fingerprint density at radius 2 is 1.89 bits per heavy atom. The number of nitrogens with one attached hydrogen (secondary N) is 1. The Morgan fingerprint density at radius 1 is 1.32 bits per heavy atom. The summed E-state index contributed by atoms with van der Waals surface area (Å²) in [5, 5.41) is 3.10. The fourth-order valence-corrected chi connectivity index (χ4v) is 2.16. The molecule has 1 aromatic carbocycles. The second-order valence-corrected chi connectivity index (χ2v) is 6.58. The standard InChI is InChI=1S/C16H22FNO/c1-16(2,3)14(10-11-4-5-11)18-15(19)12-6-8-13(17)9-7-12/h6-9,11,14H,4-5,10H2,1-3H3,(H,18,19). The molecule has 0 aromatic heterocycles. The zero-order valence-corrected chi connectivity index (χ0v) is 11.9. The van der Waals surface area contributed by atoms with Crippen LogP contribution < -0.4 is 5.32 Å². The largest absolute Gasteiger partial charge is 0.349 e. The highest BCUT2D eigenvalue weighted by Gasteiger charge is 2.33. The maximum Gasteiger partial charge on any atom is 0.251 e. The molecule has 0 saturated heterocycles. The Kier molecular flexibility index (Phi) is 3.93. The number of hydrogen-bond donors (Lipinski definition) is 1. The first-order valence-electron chi connectivity index (χ1n) is 6.92. The van der Waals surface area contributed by atoms with Gasteiger partial charge in [-0.25, -0.2) is 4.39 Å². The van der Waals surface area contributed by atoms with Gasteiger partial charge in [0.25, 0.3) is 5.91 Å². The van der Waals surface area contributed by atoms with Gasteiger partial charge in [0.15, 0.2) is 0 Å². The molecular formula is C16H22FNO. The third-order valence-electron chi connectivity index (χ3n) is 3.72. The summed E-state index contributed by atoms with van der Waals surface area (Å²) < 4.78 is 12.9. The predicted octanol–water partition coefficient (Wildman–Crippen LogP) is 3.77. The molecule has 1 amide bonds. The second-order valence-electron chi connectivity index (χ2n) is 6.58. The number of amides is 1. The zero-order chi connectivity index (χ0) is 14.0. The molecule has 0 radical (unpaired) electrons. The van der Waals surface area contributed by atoms with Gasteiger partial charge in [-0.1, -0.05) is 33.6 Å². The number of carbonyl (C=O) groups excluding carboxylic acids is 1. The monoisotopic (exact) mass is 263 g/mol. The third kappa shape index (κ3) is 4.05. The highest BCUT2D eigenvalue weighted by molar-refractivity contribution is 5.94. The first-order chi connectivity index (χ1) is 8.86. The molecule has 1 N–H and O–H groups in total. The van der Waals surface area contributed by atoms with E-state index in [1.54, 1.807) is 0 Å². The van der Waals surface area contributed by atoms with E-state index in [9.17, 15) is 9.18 Å². The summed E-state index contributed by atoms with van der Waals surface area (Å²) in [5.41, 5.74) is 0.560. The van der Waals surface area contributed by atoms with Crippen molar-refractivity contribution in [2.45, 2.75) is 46.1 Å². The Bertz CT molecular complexity index is 443. The van der Waals surface area contributed by atoms with Gasteiger partial charge in [0.2, 0.25) is 0 Å². The fourth-order valence-electron chi connectivity index (χ4n) is 2.16. The van der Waals surface area contributed by atoms with Gasteiger partial charge in [0.1, 0.15) is 5.82 Å².